The lowest BCUT2D eigenvalue weighted by molar-refractivity contribution is -0.135. The van der Waals surface area contributed by atoms with Gasteiger partial charge in [0.15, 0.2) is 0 Å². The van der Waals surface area contributed by atoms with Crippen LogP contribution in [0.3, 0.4) is 0 Å². The summed E-state index contributed by atoms with van der Waals surface area (Å²) in [6, 6.07) is 0. The standard InChI is InChI=1S/C9H11NO2/c1-12-9(11)8-4-2-7(6-10)3-5-8/h2,4-7,10H,3H2,1H3. The van der Waals surface area contributed by atoms with Crippen LogP contribution in [0.5, 0.6) is 0 Å². The second-order valence-electron chi connectivity index (χ2n) is 2.58. The molecule has 12 heavy (non-hydrogen) atoms. The Hall–Kier alpha value is -1.38. The molecule has 1 rings (SSSR count). The zero-order chi connectivity index (χ0) is 8.97. The van der Waals surface area contributed by atoms with Crippen LogP contribution in [-0.2, 0) is 9.53 Å². The van der Waals surface area contributed by atoms with Crippen molar-refractivity contribution in [3.8, 4) is 0 Å². The quantitative estimate of drug-likeness (QED) is 0.495. The summed E-state index contributed by atoms with van der Waals surface area (Å²) in [6.45, 7) is 0. The van der Waals surface area contributed by atoms with E-state index < -0.39 is 0 Å². The SMILES string of the molecule is COC(=O)C1=CCC(C=N)C=C1. The predicted octanol–water partition coefficient (Wildman–Crippen LogP) is 1.31. The number of allylic oxidation sites excluding steroid dienone is 2. The molecule has 0 saturated heterocycles. The Morgan fingerprint density at radius 3 is 3.00 bits per heavy atom. The van der Waals surface area contributed by atoms with Gasteiger partial charge in [0, 0.05) is 12.1 Å². The fourth-order valence-electron chi connectivity index (χ4n) is 1.03. The second kappa shape index (κ2) is 3.85. The minimum atomic E-state index is -0.310. The molecular weight excluding hydrogens is 154 g/mol. The number of esters is 1. The highest BCUT2D eigenvalue weighted by Crippen LogP contribution is 2.15. The summed E-state index contributed by atoms with van der Waals surface area (Å²) in [5.74, 6) is -0.173. The van der Waals surface area contributed by atoms with Gasteiger partial charge in [-0.3, -0.25) is 0 Å². The summed E-state index contributed by atoms with van der Waals surface area (Å²) in [5.41, 5.74) is 0.579. The Bertz CT molecular complexity index is 253. The highest BCUT2D eigenvalue weighted by molar-refractivity contribution is 5.92. The predicted molar refractivity (Wildman–Crippen MR) is 46.1 cm³/mol. The Kier molecular flexibility index (Phi) is 2.80. The van der Waals surface area contributed by atoms with Crippen LogP contribution < -0.4 is 0 Å². The molecule has 1 atom stereocenters. The highest BCUT2D eigenvalue weighted by Gasteiger charge is 2.11. The first-order valence-corrected chi connectivity index (χ1v) is 3.75. The third-order valence-corrected chi connectivity index (χ3v) is 1.77. The fraction of sp³-hybridized carbons (Fsp3) is 0.333. The molecule has 0 fully saturated rings. The molecule has 0 saturated carbocycles. The minimum absolute atomic E-state index is 0.137. The van der Waals surface area contributed by atoms with Gasteiger partial charge >= 0.3 is 5.97 Å². The lowest BCUT2D eigenvalue weighted by Gasteiger charge is -2.09. The van der Waals surface area contributed by atoms with E-state index in [-0.39, 0.29) is 11.9 Å². The number of methoxy groups -OCH3 is 1. The van der Waals surface area contributed by atoms with Crippen LogP contribution in [0.1, 0.15) is 6.42 Å². The van der Waals surface area contributed by atoms with E-state index in [4.69, 9.17) is 5.41 Å². The topological polar surface area (TPSA) is 50.2 Å². The molecule has 0 aromatic carbocycles. The van der Waals surface area contributed by atoms with Crippen LogP contribution in [0.15, 0.2) is 23.8 Å². The van der Waals surface area contributed by atoms with Gasteiger partial charge in [0.1, 0.15) is 0 Å². The molecular formula is C9H11NO2. The Morgan fingerprint density at radius 1 is 1.83 bits per heavy atom. The van der Waals surface area contributed by atoms with E-state index in [1.807, 2.05) is 6.08 Å². The van der Waals surface area contributed by atoms with Crippen LogP contribution in [0.25, 0.3) is 0 Å². The van der Waals surface area contributed by atoms with E-state index in [0.717, 1.165) is 0 Å². The number of hydrogen-bond acceptors (Lipinski definition) is 3. The molecule has 3 nitrogen and oxygen atoms in total. The average molecular weight is 165 g/mol. The first-order valence-electron chi connectivity index (χ1n) is 3.75. The zero-order valence-corrected chi connectivity index (χ0v) is 6.91. The fourth-order valence-corrected chi connectivity index (χ4v) is 1.03. The number of rotatable bonds is 2. The number of nitrogens with one attached hydrogen (secondary N) is 1. The number of carbonyl (C=O) groups is 1. The Morgan fingerprint density at radius 2 is 2.58 bits per heavy atom. The lowest BCUT2D eigenvalue weighted by atomic mass is 9.98. The number of ether oxygens (including phenoxy) is 1. The van der Waals surface area contributed by atoms with Gasteiger partial charge in [-0.25, -0.2) is 4.79 Å². The molecule has 0 bridgehead atoms. The molecule has 0 aliphatic heterocycles. The normalized spacial score (nSPS) is 21.4. The van der Waals surface area contributed by atoms with Crippen molar-refractivity contribution in [1.82, 2.24) is 0 Å². The largest absolute Gasteiger partial charge is 0.465 e. The van der Waals surface area contributed by atoms with Crippen LogP contribution in [0, 0.1) is 11.3 Å². The minimum Gasteiger partial charge on any atom is -0.465 e. The Labute approximate surface area is 71.2 Å². The average Bonchev–Trinajstić information content (AvgIpc) is 2.17. The molecule has 1 unspecified atom stereocenters. The molecule has 1 aliphatic carbocycles. The van der Waals surface area contributed by atoms with E-state index in [2.05, 4.69) is 4.74 Å². The smallest absolute Gasteiger partial charge is 0.337 e. The van der Waals surface area contributed by atoms with Crippen LogP contribution in [-0.4, -0.2) is 19.3 Å². The van der Waals surface area contributed by atoms with Crippen molar-refractivity contribution in [2.24, 2.45) is 5.92 Å². The highest BCUT2D eigenvalue weighted by atomic mass is 16.5. The summed E-state index contributed by atoms with van der Waals surface area (Å²) in [6.07, 6.45) is 7.40. The van der Waals surface area contributed by atoms with Crippen molar-refractivity contribution in [3.05, 3.63) is 23.8 Å². The van der Waals surface area contributed by atoms with E-state index in [1.165, 1.54) is 13.3 Å². The molecule has 0 amide bonds. The van der Waals surface area contributed by atoms with Crippen molar-refractivity contribution in [2.45, 2.75) is 6.42 Å². The van der Waals surface area contributed by atoms with E-state index >= 15 is 0 Å². The third-order valence-electron chi connectivity index (χ3n) is 1.77. The Balaban J connectivity index is 2.63. The van der Waals surface area contributed by atoms with Crippen LogP contribution in [0.4, 0.5) is 0 Å². The molecule has 1 N–H and O–H groups in total. The molecule has 0 aromatic heterocycles. The molecule has 1 aliphatic rings. The van der Waals surface area contributed by atoms with Gasteiger partial charge in [-0.15, -0.1) is 0 Å². The zero-order valence-electron chi connectivity index (χ0n) is 6.91. The monoisotopic (exact) mass is 165 g/mol. The maximum absolute atomic E-state index is 11.0. The molecule has 0 aromatic rings. The summed E-state index contributed by atoms with van der Waals surface area (Å²) in [7, 11) is 1.36. The first-order chi connectivity index (χ1) is 5.77. The maximum Gasteiger partial charge on any atom is 0.337 e. The van der Waals surface area contributed by atoms with E-state index in [1.54, 1.807) is 12.2 Å². The van der Waals surface area contributed by atoms with Crippen molar-refractivity contribution in [1.29, 1.82) is 5.41 Å². The molecule has 0 radical (unpaired) electrons. The number of carbonyl (C=O) groups excluding carboxylic acids is 1. The molecule has 0 heterocycles. The molecule has 0 spiro atoms. The van der Waals surface area contributed by atoms with Crippen molar-refractivity contribution in [2.75, 3.05) is 7.11 Å². The van der Waals surface area contributed by atoms with E-state index in [0.29, 0.717) is 12.0 Å². The van der Waals surface area contributed by atoms with Gasteiger partial charge in [-0.05, 0) is 6.42 Å². The van der Waals surface area contributed by atoms with Gasteiger partial charge < -0.3 is 10.1 Å². The van der Waals surface area contributed by atoms with Gasteiger partial charge in [0.2, 0.25) is 0 Å². The summed E-state index contributed by atoms with van der Waals surface area (Å²) >= 11 is 0. The molecule has 3 heteroatoms. The maximum atomic E-state index is 11.0. The lowest BCUT2D eigenvalue weighted by Crippen LogP contribution is -2.08. The van der Waals surface area contributed by atoms with Gasteiger partial charge in [-0.2, -0.15) is 0 Å². The van der Waals surface area contributed by atoms with Crippen LogP contribution >= 0.6 is 0 Å². The summed E-state index contributed by atoms with van der Waals surface area (Å²) in [5, 5.41) is 6.99. The van der Waals surface area contributed by atoms with Crippen LogP contribution in [0.2, 0.25) is 0 Å². The second-order valence-corrected chi connectivity index (χ2v) is 2.58. The van der Waals surface area contributed by atoms with E-state index in [9.17, 15) is 4.79 Å². The molecule has 64 valence electrons. The first kappa shape index (κ1) is 8.71. The van der Waals surface area contributed by atoms with Crippen molar-refractivity contribution >= 4 is 12.2 Å². The third kappa shape index (κ3) is 1.81. The van der Waals surface area contributed by atoms with Gasteiger partial charge in [0.25, 0.3) is 0 Å². The van der Waals surface area contributed by atoms with Crippen molar-refractivity contribution < 1.29 is 9.53 Å². The van der Waals surface area contributed by atoms with Gasteiger partial charge in [0.05, 0.1) is 12.7 Å². The summed E-state index contributed by atoms with van der Waals surface area (Å²) < 4.78 is 4.54. The summed E-state index contributed by atoms with van der Waals surface area (Å²) in [4.78, 5) is 11.0. The van der Waals surface area contributed by atoms with Gasteiger partial charge in [-0.1, -0.05) is 18.2 Å². The number of hydrogen-bond donors (Lipinski definition) is 1. The van der Waals surface area contributed by atoms with Crippen molar-refractivity contribution in [3.63, 3.8) is 0 Å².